The van der Waals surface area contributed by atoms with E-state index >= 15 is 0 Å². The first-order valence-electron chi connectivity index (χ1n) is 6.49. The zero-order valence-corrected chi connectivity index (χ0v) is 12.5. The monoisotopic (exact) mass is 278 g/mol. The van der Waals surface area contributed by atoms with Crippen molar-refractivity contribution in [1.29, 1.82) is 0 Å². The smallest absolute Gasteiger partial charge is 0.326 e. The van der Waals surface area contributed by atoms with Crippen LogP contribution in [0.3, 0.4) is 0 Å². The predicted octanol–water partition coefficient (Wildman–Crippen LogP) is 2.22. The predicted molar refractivity (Wildman–Crippen MR) is 77.0 cm³/mol. The number of urea groups is 1. The van der Waals surface area contributed by atoms with Crippen molar-refractivity contribution in [2.75, 3.05) is 6.54 Å². The van der Waals surface area contributed by atoms with Crippen LogP contribution in [0.25, 0.3) is 0 Å². The van der Waals surface area contributed by atoms with E-state index in [2.05, 4.69) is 0 Å². The maximum Gasteiger partial charge on any atom is 0.326 e. The van der Waals surface area contributed by atoms with E-state index in [1.807, 2.05) is 31.2 Å². The third-order valence-electron chi connectivity index (χ3n) is 2.55. The minimum atomic E-state index is -0.642. The van der Waals surface area contributed by atoms with Crippen molar-refractivity contribution < 1.29 is 14.3 Å². The van der Waals surface area contributed by atoms with Crippen molar-refractivity contribution in [2.45, 2.75) is 39.8 Å². The van der Waals surface area contributed by atoms with Gasteiger partial charge in [0.15, 0.2) is 0 Å². The van der Waals surface area contributed by atoms with Crippen LogP contribution in [-0.4, -0.2) is 29.0 Å². The van der Waals surface area contributed by atoms with Crippen LogP contribution in [-0.2, 0) is 16.1 Å². The van der Waals surface area contributed by atoms with Crippen LogP contribution in [0.2, 0.25) is 0 Å². The largest absolute Gasteiger partial charge is 0.459 e. The molecule has 1 aromatic rings. The van der Waals surface area contributed by atoms with Gasteiger partial charge in [0.05, 0.1) is 0 Å². The zero-order chi connectivity index (χ0) is 15.3. The maximum atomic E-state index is 11.7. The second kappa shape index (κ2) is 6.41. The second-order valence-electron chi connectivity index (χ2n) is 5.77. The van der Waals surface area contributed by atoms with Gasteiger partial charge in [0.1, 0.15) is 12.1 Å². The van der Waals surface area contributed by atoms with E-state index in [4.69, 9.17) is 10.5 Å². The number of esters is 1. The Balaban J connectivity index is 2.68. The summed E-state index contributed by atoms with van der Waals surface area (Å²) in [5.74, 6) is -0.469. The molecular formula is C15H22N2O3. The van der Waals surface area contributed by atoms with Crippen LogP contribution < -0.4 is 5.73 Å². The number of nitrogens with zero attached hydrogens (tertiary/aromatic N) is 1. The van der Waals surface area contributed by atoms with Crippen molar-refractivity contribution >= 4 is 12.0 Å². The lowest BCUT2D eigenvalue weighted by atomic mass is 10.1. The highest BCUT2D eigenvalue weighted by atomic mass is 16.6. The average Bonchev–Trinajstić information content (AvgIpc) is 2.28. The molecule has 0 bridgehead atoms. The summed E-state index contributed by atoms with van der Waals surface area (Å²) in [6.07, 6.45) is 0. The summed E-state index contributed by atoms with van der Waals surface area (Å²) in [5.41, 5.74) is 6.77. The quantitative estimate of drug-likeness (QED) is 0.858. The molecule has 0 saturated carbocycles. The number of rotatable bonds is 4. The highest BCUT2D eigenvalue weighted by molar-refractivity contribution is 5.80. The highest BCUT2D eigenvalue weighted by Gasteiger charge is 2.20. The molecule has 110 valence electrons. The third kappa shape index (κ3) is 5.73. The lowest BCUT2D eigenvalue weighted by Crippen LogP contribution is -2.41. The molecule has 0 fully saturated rings. The zero-order valence-electron chi connectivity index (χ0n) is 12.5. The summed E-state index contributed by atoms with van der Waals surface area (Å²) in [6, 6.07) is 7.06. The number of carbonyl (C=O) groups excluding carboxylic acids is 2. The lowest BCUT2D eigenvalue weighted by molar-refractivity contribution is -0.155. The van der Waals surface area contributed by atoms with Crippen LogP contribution in [0.1, 0.15) is 31.9 Å². The first kappa shape index (κ1) is 16.0. The Hall–Kier alpha value is -2.04. The van der Waals surface area contributed by atoms with Gasteiger partial charge in [-0.2, -0.15) is 0 Å². The van der Waals surface area contributed by atoms with Gasteiger partial charge in [0, 0.05) is 6.54 Å². The Morgan fingerprint density at radius 1 is 1.20 bits per heavy atom. The van der Waals surface area contributed by atoms with Crippen molar-refractivity contribution in [3.05, 3.63) is 35.4 Å². The van der Waals surface area contributed by atoms with E-state index in [1.165, 1.54) is 4.90 Å². The molecule has 1 rings (SSSR count). The minimum Gasteiger partial charge on any atom is -0.459 e. The number of ether oxygens (including phenoxy) is 1. The maximum absolute atomic E-state index is 11.7. The Labute approximate surface area is 119 Å². The van der Waals surface area contributed by atoms with E-state index in [-0.39, 0.29) is 13.1 Å². The lowest BCUT2D eigenvalue weighted by Gasteiger charge is -2.24. The number of carbonyl (C=O) groups is 2. The molecule has 0 aliphatic rings. The van der Waals surface area contributed by atoms with Gasteiger partial charge >= 0.3 is 12.0 Å². The minimum absolute atomic E-state index is 0.152. The molecule has 2 amide bonds. The van der Waals surface area contributed by atoms with Gasteiger partial charge in [-0.3, -0.25) is 4.79 Å². The molecule has 1 aromatic carbocycles. The van der Waals surface area contributed by atoms with E-state index in [1.54, 1.807) is 20.8 Å². The van der Waals surface area contributed by atoms with Crippen molar-refractivity contribution in [3.63, 3.8) is 0 Å². The number of benzene rings is 1. The summed E-state index contributed by atoms with van der Waals surface area (Å²) in [4.78, 5) is 24.4. The molecule has 5 heteroatoms. The summed E-state index contributed by atoms with van der Waals surface area (Å²) in [7, 11) is 0. The molecule has 0 aliphatic heterocycles. The van der Waals surface area contributed by atoms with Crippen molar-refractivity contribution in [2.24, 2.45) is 5.73 Å². The molecule has 0 aromatic heterocycles. The van der Waals surface area contributed by atoms with Gasteiger partial charge in [-0.15, -0.1) is 0 Å². The Bertz CT molecular complexity index is 475. The number of aryl methyl sites for hydroxylation is 1. The average molecular weight is 278 g/mol. The Morgan fingerprint density at radius 2 is 1.75 bits per heavy atom. The van der Waals surface area contributed by atoms with Crippen LogP contribution in [0, 0.1) is 6.92 Å². The van der Waals surface area contributed by atoms with Gasteiger partial charge in [0.25, 0.3) is 0 Å². The third-order valence-corrected chi connectivity index (χ3v) is 2.55. The normalized spacial score (nSPS) is 11.0. The van der Waals surface area contributed by atoms with Crippen LogP contribution in [0.4, 0.5) is 4.79 Å². The topological polar surface area (TPSA) is 72.6 Å². The molecule has 20 heavy (non-hydrogen) atoms. The molecule has 0 unspecified atom stereocenters. The SMILES string of the molecule is Cc1ccc(CN(CC(=O)OC(C)(C)C)C(N)=O)cc1. The Kier molecular flexibility index (Phi) is 5.13. The molecule has 0 spiro atoms. The number of primary amides is 1. The number of hydrogen-bond donors (Lipinski definition) is 1. The molecule has 0 atom stereocenters. The first-order chi connectivity index (χ1) is 9.17. The summed E-state index contributed by atoms with van der Waals surface area (Å²) < 4.78 is 5.19. The van der Waals surface area contributed by atoms with E-state index in [0.717, 1.165) is 11.1 Å². The fourth-order valence-electron chi connectivity index (χ4n) is 1.66. The molecule has 5 nitrogen and oxygen atoms in total. The number of amides is 2. The summed E-state index contributed by atoms with van der Waals surface area (Å²) in [6.45, 7) is 7.45. The van der Waals surface area contributed by atoms with Gasteiger partial charge in [-0.1, -0.05) is 29.8 Å². The molecular weight excluding hydrogens is 256 g/mol. The van der Waals surface area contributed by atoms with Crippen molar-refractivity contribution in [3.8, 4) is 0 Å². The molecule has 0 heterocycles. The van der Waals surface area contributed by atoms with Gasteiger partial charge in [-0.25, -0.2) is 4.79 Å². The fraction of sp³-hybridized carbons (Fsp3) is 0.467. The second-order valence-corrected chi connectivity index (χ2v) is 5.77. The van der Waals surface area contributed by atoms with Crippen LogP contribution >= 0.6 is 0 Å². The van der Waals surface area contributed by atoms with E-state index < -0.39 is 17.6 Å². The van der Waals surface area contributed by atoms with Gasteiger partial charge in [0.2, 0.25) is 0 Å². The standard InChI is InChI=1S/C15H22N2O3/c1-11-5-7-12(8-6-11)9-17(14(16)19)10-13(18)20-15(2,3)4/h5-8H,9-10H2,1-4H3,(H2,16,19). The van der Waals surface area contributed by atoms with Crippen molar-refractivity contribution in [1.82, 2.24) is 4.90 Å². The van der Waals surface area contributed by atoms with Crippen LogP contribution in [0.5, 0.6) is 0 Å². The summed E-state index contributed by atoms with van der Waals surface area (Å²) in [5, 5.41) is 0. The fourth-order valence-corrected chi connectivity index (χ4v) is 1.66. The Morgan fingerprint density at radius 3 is 2.20 bits per heavy atom. The van der Waals surface area contributed by atoms with E-state index in [9.17, 15) is 9.59 Å². The summed E-state index contributed by atoms with van der Waals surface area (Å²) >= 11 is 0. The number of nitrogens with two attached hydrogens (primary N) is 1. The molecule has 2 N–H and O–H groups in total. The van der Waals surface area contributed by atoms with Crippen LogP contribution in [0.15, 0.2) is 24.3 Å². The highest BCUT2D eigenvalue weighted by Crippen LogP contribution is 2.10. The van der Waals surface area contributed by atoms with Gasteiger partial charge in [-0.05, 0) is 33.3 Å². The molecule has 0 saturated heterocycles. The molecule has 0 aliphatic carbocycles. The van der Waals surface area contributed by atoms with E-state index in [0.29, 0.717) is 0 Å². The first-order valence-corrected chi connectivity index (χ1v) is 6.49. The molecule has 0 radical (unpaired) electrons. The van der Waals surface area contributed by atoms with Gasteiger partial charge < -0.3 is 15.4 Å². The number of hydrogen-bond acceptors (Lipinski definition) is 3.